The van der Waals surface area contributed by atoms with Crippen molar-refractivity contribution < 1.29 is 4.39 Å². The molecular formula is C13H14ClFN2. The van der Waals surface area contributed by atoms with Gasteiger partial charge in [0.1, 0.15) is 11.6 Å². The van der Waals surface area contributed by atoms with Crippen molar-refractivity contribution in [3.63, 3.8) is 0 Å². The van der Waals surface area contributed by atoms with Crippen LogP contribution < -0.4 is 0 Å². The Balaban J connectivity index is 2.18. The van der Waals surface area contributed by atoms with Crippen molar-refractivity contribution in [3.05, 3.63) is 29.8 Å². The van der Waals surface area contributed by atoms with Crippen LogP contribution in [0.25, 0.3) is 11.0 Å². The molecule has 0 radical (unpaired) electrons. The summed E-state index contributed by atoms with van der Waals surface area (Å²) in [5.41, 5.74) is 1.69. The van der Waals surface area contributed by atoms with Crippen molar-refractivity contribution in [2.75, 3.05) is 0 Å². The maximum absolute atomic E-state index is 13.2. The van der Waals surface area contributed by atoms with Crippen LogP contribution in [0.15, 0.2) is 18.2 Å². The Kier molecular flexibility index (Phi) is 2.58. The molecule has 0 spiro atoms. The van der Waals surface area contributed by atoms with E-state index >= 15 is 0 Å². The molecule has 0 amide bonds. The summed E-state index contributed by atoms with van der Waals surface area (Å²) in [7, 11) is 0. The molecule has 2 aromatic rings. The van der Waals surface area contributed by atoms with Gasteiger partial charge < -0.3 is 4.57 Å². The second-order valence-corrected chi connectivity index (χ2v) is 5.01. The van der Waals surface area contributed by atoms with Crippen molar-refractivity contribution in [2.45, 2.75) is 31.7 Å². The zero-order chi connectivity index (χ0) is 12.0. The summed E-state index contributed by atoms with van der Waals surface area (Å²) in [4.78, 5) is 4.41. The highest BCUT2D eigenvalue weighted by Gasteiger charge is 2.31. The van der Waals surface area contributed by atoms with E-state index in [4.69, 9.17) is 11.6 Å². The smallest absolute Gasteiger partial charge is 0.125 e. The normalized spacial score (nSPS) is 17.6. The van der Waals surface area contributed by atoms with Gasteiger partial charge in [-0.2, -0.15) is 0 Å². The van der Waals surface area contributed by atoms with Crippen LogP contribution in [0.1, 0.15) is 31.6 Å². The molecule has 0 N–H and O–H groups in total. The van der Waals surface area contributed by atoms with Gasteiger partial charge in [0.05, 0.1) is 16.9 Å². The lowest BCUT2D eigenvalue weighted by Gasteiger charge is -2.16. The fourth-order valence-electron chi connectivity index (χ4n) is 2.46. The molecule has 3 rings (SSSR count). The predicted octanol–water partition coefficient (Wildman–Crippen LogP) is 3.89. The van der Waals surface area contributed by atoms with Gasteiger partial charge in [0.15, 0.2) is 0 Å². The van der Waals surface area contributed by atoms with E-state index in [-0.39, 0.29) is 5.82 Å². The lowest BCUT2D eigenvalue weighted by molar-refractivity contribution is 0.485. The van der Waals surface area contributed by atoms with Gasteiger partial charge >= 0.3 is 0 Å². The van der Waals surface area contributed by atoms with Crippen LogP contribution >= 0.6 is 11.6 Å². The fourth-order valence-corrected chi connectivity index (χ4v) is 2.65. The van der Waals surface area contributed by atoms with Crippen molar-refractivity contribution in [1.29, 1.82) is 0 Å². The summed E-state index contributed by atoms with van der Waals surface area (Å²) < 4.78 is 15.3. The minimum Gasteiger partial charge on any atom is -0.324 e. The van der Waals surface area contributed by atoms with Crippen molar-refractivity contribution in [2.24, 2.45) is 5.92 Å². The molecule has 17 heavy (non-hydrogen) atoms. The molecule has 1 aromatic carbocycles. The number of halogens is 2. The monoisotopic (exact) mass is 252 g/mol. The molecule has 1 aromatic heterocycles. The average molecular weight is 253 g/mol. The van der Waals surface area contributed by atoms with Gasteiger partial charge in [0.2, 0.25) is 0 Å². The Morgan fingerprint density at radius 2 is 2.29 bits per heavy atom. The highest BCUT2D eigenvalue weighted by Crippen LogP contribution is 2.41. The van der Waals surface area contributed by atoms with E-state index in [1.807, 2.05) is 0 Å². The number of hydrogen-bond acceptors (Lipinski definition) is 1. The van der Waals surface area contributed by atoms with E-state index in [0.29, 0.717) is 17.4 Å². The molecule has 0 saturated heterocycles. The third-order valence-electron chi connectivity index (χ3n) is 3.56. The molecule has 1 atom stereocenters. The first-order valence-electron chi connectivity index (χ1n) is 5.93. The van der Waals surface area contributed by atoms with E-state index in [9.17, 15) is 4.39 Å². The van der Waals surface area contributed by atoms with Gasteiger partial charge in [0, 0.05) is 12.1 Å². The highest BCUT2D eigenvalue weighted by molar-refractivity contribution is 6.16. The fraction of sp³-hybridized carbons (Fsp3) is 0.462. The molecule has 0 bridgehead atoms. The van der Waals surface area contributed by atoms with Crippen LogP contribution in [0.3, 0.4) is 0 Å². The van der Waals surface area contributed by atoms with E-state index in [0.717, 1.165) is 17.3 Å². The van der Waals surface area contributed by atoms with E-state index in [2.05, 4.69) is 16.5 Å². The highest BCUT2D eigenvalue weighted by atomic mass is 35.5. The zero-order valence-corrected chi connectivity index (χ0v) is 10.4. The van der Waals surface area contributed by atoms with E-state index < -0.39 is 0 Å². The van der Waals surface area contributed by atoms with Gasteiger partial charge in [-0.3, -0.25) is 0 Å². The Hall–Kier alpha value is -1.09. The Morgan fingerprint density at radius 1 is 1.53 bits per heavy atom. The third-order valence-corrected chi connectivity index (χ3v) is 3.79. The van der Waals surface area contributed by atoms with Gasteiger partial charge in [-0.25, -0.2) is 9.37 Å². The van der Waals surface area contributed by atoms with Crippen molar-refractivity contribution in [1.82, 2.24) is 9.55 Å². The minimum atomic E-state index is -0.248. The topological polar surface area (TPSA) is 17.8 Å². The lowest BCUT2D eigenvalue weighted by Crippen LogP contribution is -2.10. The molecule has 4 heteroatoms. The van der Waals surface area contributed by atoms with Crippen LogP contribution in [0.2, 0.25) is 0 Å². The second-order valence-electron chi connectivity index (χ2n) is 4.74. The van der Waals surface area contributed by atoms with Crippen molar-refractivity contribution >= 4 is 22.6 Å². The molecule has 1 heterocycles. The minimum absolute atomic E-state index is 0.248. The molecule has 0 aliphatic heterocycles. The Bertz CT molecular complexity index is 560. The summed E-state index contributed by atoms with van der Waals surface area (Å²) in [5, 5.41) is 0. The van der Waals surface area contributed by atoms with E-state index in [1.165, 1.54) is 25.0 Å². The maximum Gasteiger partial charge on any atom is 0.125 e. The van der Waals surface area contributed by atoms with Crippen LogP contribution in [0, 0.1) is 11.7 Å². The van der Waals surface area contributed by atoms with Crippen molar-refractivity contribution in [3.8, 4) is 0 Å². The summed E-state index contributed by atoms with van der Waals surface area (Å²) in [5.74, 6) is 1.68. The molecule has 90 valence electrons. The summed E-state index contributed by atoms with van der Waals surface area (Å²) in [6.07, 6.45) is 2.54. The number of alkyl halides is 1. The first-order valence-corrected chi connectivity index (χ1v) is 6.46. The average Bonchev–Trinajstić information content (AvgIpc) is 3.09. The number of benzene rings is 1. The Morgan fingerprint density at radius 3 is 2.94 bits per heavy atom. The molecule has 2 nitrogen and oxygen atoms in total. The molecule has 1 saturated carbocycles. The number of rotatable bonds is 3. The lowest BCUT2D eigenvalue weighted by atomic mass is 10.2. The third kappa shape index (κ3) is 1.82. The first-order chi connectivity index (χ1) is 8.20. The zero-order valence-electron chi connectivity index (χ0n) is 9.66. The molecule has 1 aliphatic rings. The standard InChI is InChI=1S/C13H14ClFN2/c1-8(9-2-3-9)17-12-5-4-10(15)6-11(12)16-13(17)7-14/h4-6,8-9H,2-3,7H2,1H3. The maximum atomic E-state index is 13.2. The number of fused-ring (bicyclic) bond motifs is 1. The second kappa shape index (κ2) is 3.98. The van der Waals surface area contributed by atoms with Gasteiger partial charge in [0.25, 0.3) is 0 Å². The molecule has 1 unspecified atom stereocenters. The summed E-state index contributed by atoms with van der Waals surface area (Å²) in [6.45, 7) is 2.19. The summed E-state index contributed by atoms with van der Waals surface area (Å²) >= 11 is 5.94. The quantitative estimate of drug-likeness (QED) is 0.758. The number of aromatic nitrogens is 2. The van der Waals surface area contributed by atoms with E-state index in [1.54, 1.807) is 6.07 Å². The van der Waals surface area contributed by atoms with Gasteiger partial charge in [-0.1, -0.05) is 0 Å². The number of nitrogens with zero attached hydrogens (tertiary/aromatic N) is 2. The van der Waals surface area contributed by atoms with Crippen LogP contribution in [0.5, 0.6) is 0 Å². The SMILES string of the molecule is CC(C1CC1)n1c(CCl)nc2cc(F)ccc21. The first kappa shape index (κ1) is 11.0. The van der Waals surface area contributed by atoms with Crippen LogP contribution in [-0.4, -0.2) is 9.55 Å². The van der Waals surface area contributed by atoms with Gasteiger partial charge in [-0.05, 0) is 37.8 Å². The largest absolute Gasteiger partial charge is 0.324 e. The molecule has 1 aliphatic carbocycles. The number of imidazole rings is 1. The Labute approximate surface area is 104 Å². The molecular weight excluding hydrogens is 239 g/mol. The number of hydrogen-bond donors (Lipinski definition) is 0. The van der Waals surface area contributed by atoms with Gasteiger partial charge in [-0.15, -0.1) is 11.6 Å². The van der Waals surface area contributed by atoms with Crippen LogP contribution in [-0.2, 0) is 5.88 Å². The predicted molar refractivity (Wildman–Crippen MR) is 66.7 cm³/mol. The molecule has 1 fully saturated rings. The summed E-state index contributed by atoms with van der Waals surface area (Å²) in [6, 6.07) is 5.16. The van der Waals surface area contributed by atoms with Crippen LogP contribution in [0.4, 0.5) is 4.39 Å².